The molecule has 0 aromatic carbocycles. The predicted octanol–water partition coefficient (Wildman–Crippen LogP) is 1.56. The third-order valence-corrected chi connectivity index (χ3v) is 2.25. The highest BCUT2D eigenvalue weighted by Gasteiger charge is 2.28. The molecule has 0 heterocycles. The van der Waals surface area contributed by atoms with E-state index in [-0.39, 0.29) is 12.5 Å². The van der Waals surface area contributed by atoms with Gasteiger partial charge in [-0.25, -0.2) is 4.79 Å². The van der Waals surface area contributed by atoms with Crippen LogP contribution >= 0.6 is 0 Å². The Morgan fingerprint density at radius 2 is 1.64 bits per heavy atom. The molecule has 3 N–H and O–H groups in total. The molecular formula is C13H24F3N3O3. The van der Waals surface area contributed by atoms with E-state index in [1.165, 1.54) is 13.8 Å². The van der Waals surface area contributed by atoms with Gasteiger partial charge in [-0.1, -0.05) is 0 Å². The van der Waals surface area contributed by atoms with Gasteiger partial charge in [0.2, 0.25) is 5.91 Å². The molecule has 130 valence electrons. The van der Waals surface area contributed by atoms with Crippen molar-refractivity contribution in [1.82, 2.24) is 16.0 Å². The lowest BCUT2D eigenvalue weighted by atomic mass is 10.1. The van der Waals surface area contributed by atoms with Crippen LogP contribution < -0.4 is 16.0 Å². The van der Waals surface area contributed by atoms with Gasteiger partial charge in [0.1, 0.15) is 12.6 Å². The van der Waals surface area contributed by atoms with Gasteiger partial charge in [-0.15, -0.1) is 0 Å². The topological polar surface area (TPSA) is 79.5 Å². The molecule has 0 fully saturated rings. The third kappa shape index (κ3) is 11.2. The Balaban J connectivity index is 4.09. The van der Waals surface area contributed by atoms with Crippen LogP contribution in [0.5, 0.6) is 0 Å². The summed E-state index contributed by atoms with van der Waals surface area (Å²) in [4.78, 5) is 23.4. The Labute approximate surface area is 128 Å². The summed E-state index contributed by atoms with van der Waals surface area (Å²) in [7, 11) is 0. The van der Waals surface area contributed by atoms with Crippen LogP contribution in [0, 0.1) is 0 Å². The normalized spacial score (nSPS) is 14.9. The van der Waals surface area contributed by atoms with Crippen LogP contribution in [0.25, 0.3) is 0 Å². The molecule has 0 spiro atoms. The molecule has 2 atom stereocenters. The molecule has 0 radical (unpaired) electrons. The van der Waals surface area contributed by atoms with Crippen LogP contribution in [-0.4, -0.2) is 49.0 Å². The second-order valence-electron chi connectivity index (χ2n) is 6.11. The minimum atomic E-state index is -4.40. The maximum Gasteiger partial charge on any atom is 0.411 e. The highest BCUT2D eigenvalue weighted by Crippen LogP contribution is 2.14. The maximum absolute atomic E-state index is 11.9. The van der Waals surface area contributed by atoms with Gasteiger partial charge >= 0.3 is 12.2 Å². The van der Waals surface area contributed by atoms with Crippen molar-refractivity contribution >= 4 is 11.9 Å². The quantitative estimate of drug-likeness (QED) is 0.693. The Kier molecular flexibility index (Phi) is 7.65. The average molecular weight is 327 g/mol. The lowest BCUT2D eigenvalue weighted by molar-refractivity contribution is -0.174. The van der Waals surface area contributed by atoms with E-state index in [9.17, 15) is 22.8 Å². The Bertz CT molecular complexity index is 381. The smallest absolute Gasteiger partial charge is 0.370 e. The molecule has 0 aliphatic rings. The van der Waals surface area contributed by atoms with E-state index in [1.54, 1.807) is 20.8 Å². The van der Waals surface area contributed by atoms with Crippen molar-refractivity contribution in [3.05, 3.63) is 0 Å². The minimum absolute atomic E-state index is 0.282. The van der Waals surface area contributed by atoms with Gasteiger partial charge in [-0.05, 0) is 34.6 Å². The van der Waals surface area contributed by atoms with E-state index in [0.29, 0.717) is 0 Å². The Morgan fingerprint density at radius 1 is 1.09 bits per heavy atom. The second kappa shape index (κ2) is 8.21. The number of rotatable bonds is 6. The molecule has 0 bridgehead atoms. The molecule has 9 heteroatoms. The maximum atomic E-state index is 11.9. The minimum Gasteiger partial charge on any atom is -0.370 e. The molecule has 0 rings (SSSR count). The van der Waals surface area contributed by atoms with E-state index in [2.05, 4.69) is 20.7 Å². The molecule has 0 aromatic rings. The van der Waals surface area contributed by atoms with Gasteiger partial charge in [-0.3, -0.25) is 4.79 Å². The fourth-order valence-electron chi connectivity index (χ4n) is 1.40. The molecule has 0 saturated heterocycles. The molecule has 6 nitrogen and oxygen atoms in total. The van der Waals surface area contributed by atoms with Crippen molar-refractivity contribution in [2.75, 3.05) is 13.2 Å². The number of carbonyl (C=O) groups excluding carboxylic acids is 2. The fraction of sp³-hybridized carbons (Fsp3) is 0.846. The van der Waals surface area contributed by atoms with Crippen molar-refractivity contribution in [2.24, 2.45) is 0 Å². The van der Waals surface area contributed by atoms with Gasteiger partial charge in [-0.2, -0.15) is 13.2 Å². The molecule has 0 aliphatic heterocycles. The summed E-state index contributed by atoms with van der Waals surface area (Å²) in [6.45, 7) is 6.76. The lowest BCUT2D eigenvalue weighted by Crippen LogP contribution is -2.54. The summed E-state index contributed by atoms with van der Waals surface area (Å²) < 4.78 is 40.1. The monoisotopic (exact) mass is 327 g/mol. The van der Waals surface area contributed by atoms with E-state index < -0.39 is 36.4 Å². The number of ether oxygens (including phenoxy) is 1. The summed E-state index contributed by atoms with van der Waals surface area (Å²) >= 11 is 0. The number of carbonyl (C=O) groups is 2. The van der Waals surface area contributed by atoms with Crippen LogP contribution in [0.4, 0.5) is 18.0 Å². The van der Waals surface area contributed by atoms with E-state index in [0.717, 1.165) is 0 Å². The predicted molar refractivity (Wildman–Crippen MR) is 75.4 cm³/mol. The molecule has 0 aliphatic carbocycles. The Hall–Kier alpha value is -1.51. The van der Waals surface area contributed by atoms with Gasteiger partial charge < -0.3 is 20.7 Å². The average Bonchev–Trinajstić information content (AvgIpc) is 2.23. The standard InChI is InChI=1S/C13H24F3N3O3/c1-8(6-22-7-13(14,15)16)17-11(21)18-9(2)10(20)19-12(3,4)5/h8-9H,6-7H2,1-5H3,(H,19,20)(H2,17,18,21). The first-order valence-electron chi connectivity index (χ1n) is 6.84. The molecule has 0 aromatic heterocycles. The highest BCUT2D eigenvalue weighted by molar-refractivity contribution is 5.87. The Morgan fingerprint density at radius 3 is 2.09 bits per heavy atom. The zero-order chi connectivity index (χ0) is 17.6. The zero-order valence-corrected chi connectivity index (χ0v) is 13.4. The van der Waals surface area contributed by atoms with Crippen LogP contribution in [0.3, 0.4) is 0 Å². The van der Waals surface area contributed by atoms with Gasteiger partial charge in [0.15, 0.2) is 0 Å². The van der Waals surface area contributed by atoms with E-state index in [4.69, 9.17) is 0 Å². The van der Waals surface area contributed by atoms with E-state index in [1.807, 2.05) is 0 Å². The van der Waals surface area contributed by atoms with Gasteiger partial charge in [0.05, 0.1) is 12.6 Å². The summed E-state index contributed by atoms with van der Waals surface area (Å²) in [5.41, 5.74) is -0.428. The van der Waals surface area contributed by atoms with Gasteiger partial charge in [0.25, 0.3) is 0 Å². The number of nitrogens with one attached hydrogen (secondary N) is 3. The molecule has 3 amide bonds. The second-order valence-corrected chi connectivity index (χ2v) is 6.11. The first-order chi connectivity index (χ1) is 9.80. The number of alkyl halides is 3. The van der Waals surface area contributed by atoms with Crippen LogP contribution in [0.1, 0.15) is 34.6 Å². The summed E-state index contributed by atoms with van der Waals surface area (Å²) in [5.74, 6) is -0.358. The molecule has 22 heavy (non-hydrogen) atoms. The van der Waals surface area contributed by atoms with Crippen LogP contribution in [-0.2, 0) is 9.53 Å². The van der Waals surface area contributed by atoms with Gasteiger partial charge in [0, 0.05) is 5.54 Å². The van der Waals surface area contributed by atoms with Crippen molar-refractivity contribution in [3.63, 3.8) is 0 Å². The number of halogens is 3. The first-order valence-corrected chi connectivity index (χ1v) is 6.84. The molecule has 2 unspecified atom stereocenters. The van der Waals surface area contributed by atoms with Crippen molar-refractivity contribution in [3.8, 4) is 0 Å². The van der Waals surface area contributed by atoms with Crippen LogP contribution in [0.2, 0.25) is 0 Å². The first kappa shape index (κ1) is 20.5. The van der Waals surface area contributed by atoms with Crippen LogP contribution in [0.15, 0.2) is 0 Å². The SMILES string of the molecule is CC(COCC(F)(F)F)NC(=O)NC(C)C(=O)NC(C)(C)C. The largest absolute Gasteiger partial charge is 0.411 e. The van der Waals surface area contributed by atoms with Crippen molar-refractivity contribution < 1.29 is 27.5 Å². The summed E-state index contributed by atoms with van der Waals surface area (Å²) in [6.07, 6.45) is -4.40. The van der Waals surface area contributed by atoms with E-state index >= 15 is 0 Å². The zero-order valence-electron chi connectivity index (χ0n) is 13.4. The number of hydrogen-bond acceptors (Lipinski definition) is 3. The van der Waals surface area contributed by atoms with Crippen molar-refractivity contribution in [1.29, 1.82) is 0 Å². The summed E-state index contributed by atoms with van der Waals surface area (Å²) in [6, 6.07) is -2.05. The van der Waals surface area contributed by atoms with Crippen molar-refractivity contribution in [2.45, 2.75) is 58.4 Å². The lowest BCUT2D eigenvalue weighted by Gasteiger charge is -2.24. The number of hydrogen-bond donors (Lipinski definition) is 3. The molecule has 0 saturated carbocycles. The number of amides is 3. The molecular weight excluding hydrogens is 303 g/mol. The summed E-state index contributed by atoms with van der Waals surface area (Å²) in [5, 5.41) is 7.49. The highest BCUT2D eigenvalue weighted by atomic mass is 19.4. The fourth-order valence-corrected chi connectivity index (χ4v) is 1.40. The third-order valence-electron chi connectivity index (χ3n) is 2.25. The number of urea groups is 1.